The first-order chi connectivity index (χ1) is 13.2. The molecule has 1 saturated heterocycles. The van der Waals surface area contributed by atoms with E-state index in [-0.39, 0.29) is 0 Å². The molecule has 1 saturated carbocycles. The van der Waals surface area contributed by atoms with Crippen LogP contribution in [0, 0.1) is 12.3 Å². The van der Waals surface area contributed by atoms with E-state index >= 15 is 0 Å². The summed E-state index contributed by atoms with van der Waals surface area (Å²) in [5.74, 6) is 0.669. The molecule has 1 unspecified atom stereocenters. The maximum atomic E-state index is 7.88. The van der Waals surface area contributed by atoms with Crippen LogP contribution in [0.15, 0.2) is 12.1 Å². The summed E-state index contributed by atoms with van der Waals surface area (Å²) < 4.78 is 0. The van der Waals surface area contributed by atoms with Crippen LogP contribution in [0.4, 0.5) is 5.69 Å². The first-order valence-electron chi connectivity index (χ1n) is 11.3. The minimum atomic E-state index is 0.597. The van der Waals surface area contributed by atoms with Crippen LogP contribution in [0.3, 0.4) is 0 Å². The zero-order valence-electron chi connectivity index (χ0n) is 17.7. The monoisotopic (exact) mass is 369 g/mol. The number of rotatable bonds is 8. The Bertz CT molecular complexity index is 610. The van der Waals surface area contributed by atoms with Gasteiger partial charge in [-0.05, 0) is 81.6 Å². The molecule has 2 N–H and O–H groups in total. The summed E-state index contributed by atoms with van der Waals surface area (Å²) in [6, 6.07) is 6.09. The molecule has 1 aliphatic heterocycles. The minimum Gasteiger partial charge on any atom is -0.382 e. The van der Waals surface area contributed by atoms with Crippen molar-refractivity contribution in [3.05, 3.63) is 28.8 Å². The van der Waals surface area contributed by atoms with Crippen molar-refractivity contribution in [2.75, 3.05) is 18.4 Å². The lowest BCUT2D eigenvalue weighted by Gasteiger charge is -2.37. The maximum Gasteiger partial charge on any atom is 0.0436 e. The van der Waals surface area contributed by atoms with Gasteiger partial charge in [0.15, 0.2) is 0 Å². The Hall–Kier alpha value is -1.35. The Morgan fingerprint density at radius 3 is 2.44 bits per heavy atom. The Labute approximate surface area is 166 Å². The molecule has 2 aliphatic rings. The van der Waals surface area contributed by atoms with Gasteiger partial charge in [0.1, 0.15) is 0 Å². The lowest BCUT2D eigenvalue weighted by Crippen LogP contribution is -2.40. The number of hydrogen-bond acceptors (Lipinski definition) is 3. The third kappa shape index (κ3) is 4.93. The first kappa shape index (κ1) is 20.4. The van der Waals surface area contributed by atoms with Crippen molar-refractivity contribution in [3.63, 3.8) is 0 Å². The fourth-order valence-electron chi connectivity index (χ4n) is 5.24. The standard InChI is InChI=1S/C24H39N3/c1-4-8-22(5-2)27-13-11-19(12-14-27)20-15-18(3)23(17-25)24(16-20)26-21-9-6-7-10-21/h15-17,19,21-22,25-26H,4-14H2,1-3H3. The van der Waals surface area contributed by atoms with Crippen LogP contribution in [-0.4, -0.2) is 36.3 Å². The summed E-state index contributed by atoms with van der Waals surface area (Å²) in [6.07, 6.45) is 13.2. The first-order valence-corrected chi connectivity index (χ1v) is 11.3. The average molecular weight is 370 g/mol. The topological polar surface area (TPSA) is 39.1 Å². The van der Waals surface area contributed by atoms with Gasteiger partial charge in [0, 0.05) is 29.5 Å². The van der Waals surface area contributed by atoms with Crippen LogP contribution in [0.1, 0.15) is 94.2 Å². The highest BCUT2D eigenvalue weighted by Crippen LogP contribution is 2.34. The molecule has 3 rings (SSSR count). The average Bonchev–Trinajstić information content (AvgIpc) is 3.19. The van der Waals surface area contributed by atoms with Gasteiger partial charge in [-0.1, -0.05) is 39.2 Å². The van der Waals surface area contributed by atoms with Gasteiger partial charge in [-0.25, -0.2) is 0 Å². The molecule has 1 aromatic carbocycles. The van der Waals surface area contributed by atoms with Crippen LogP contribution in [0.2, 0.25) is 0 Å². The van der Waals surface area contributed by atoms with Gasteiger partial charge in [-0.2, -0.15) is 0 Å². The molecule has 3 nitrogen and oxygen atoms in total. The lowest BCUT2D eigenvalue weighted by molar-refractivity contribution is 0.140. The number of benzene rings is 1. The largest absolute Gasteiger partial charge is 0.382 e. The number of nitrogens with one attached hydrogen (secondary N) is 2. The van der Waals surface area contributed by atoms with E-state index in [1.54, 1.807) is 0 Å². The van der Waals surface area contributed by atoms with Crippen molar-refractivity contribution in [2.24, 2.45) is 0 Å². The summed E-state index contributed by atoms with van der Waals surface area (Å²) in [7, 11) is 0. The van der Waals surface area contributed by atoms with E-state index in [2.05, 4.69) is 43.1 Å². The molecule has 3 heteroatoms. The number of hydrogen-bond donors (Lipinski definition) is 2. The van der Waals surface area contributed by atoms with E-state index in [0.29, 0.717) is 12.0 Å². The molecule has 0 radical (unpaired) electrons. The van der Waals surface area contributed by atoms with Gasteiger partial charge in [-0.3, -0.25) is 0 Å². The summed E-state index contributed by atoms with van der Waals surface area (Å²) in [4.78, 5) is 2.73. The molecule has 0 aromatic heterocycles. The quantitative estimate of drug-likeness (QED) is 0.543. The lowest BCUT2D eigenvalue weighted by atomic mass is 9.86. The van der Waals surface area contributed by atoms with Gasteiger partial charge >= 0.3 is 0 Å². The van der Waals surface area contributed by atoms with Crippen LogP contribution < -0.4 is 5.32 Å². The van der Waals surface area contributed by atoms with Crippen LogP contribution >= 0.6 is 0 Å². The number of aryl methyl sites for hydroxylation is 1. The van der Waals surface area contributed by atoms with Gasteiger partial charge < -0.3 is 15.6 Å². The van der Waals surface area contributed by atoms with Gasteiger partial charge in [0.2, 0.25) is 0 Å². The molecule has 0 spiro atoms. The highest BCUT2D eigenvalue weighted by molar-refractivity contribution is 5.88. The predicted octanol–water partition coefficient (Wildman–Crippen LogP) is 6.11. The van der Waals surface area contributed by atoms with Crippen LogP contribution in [-0.2, 0) is 0 Å². The molecule has 0 amide bonds. The second-order valence-electron chi connectivity index (χ2n) is 8.73. The fraction of sp³-hybridized carbons (Fsp3) is 0.708. The van der Waals surface area contributed by atoms with Crippen LogP contribution in [0.5, 0.6) is 0 Å². The van der Waals surface area contributed by atoms with E-state index in [1.807, 2.05) is 0 Å². The number of nitrogens with zero attached hydrogens (tertiary/aromatic N) is 1. The van der Waals surface area contributed by atoms with Crippen molar-refractivity contribution in [1.29, 1.82) is 5.41 Å². The SMILES string of the molecule is CCCC(CC)N1CCC(c2cc(C)c(C=N)c(NC3CCCC3)c2)CC1. The fourth-order valence-corrected chi connectivity index (χ4v) is 5.24. The third-order valence-corrected chi connectivity index (χ3v) is 6.88. The maximum absolute atomic E-state index is 7.88. The van der Waals surface area contributed by atoms with Crippen LogP contribution in [0.25, 0.3) is 0 Å². The third-order valence-electron chi connectivity index (χ3n) is 6.88. The molecule has 1 aromatic rings. The molecule has 1 atom stereocenters. The molecule has 0 bridgehead atoms. The Kier molecular flexibility index (Phi) is 7.34. The molecule has 2 fully saturated rings. The molecule has 1 heterocycles. The Morgan fingerprint density at radius 1 is 1.15 bits per heavy atom. The Balaban J connectivity index is 1.71. The molecular weight excluding hydrogens is 330 g/mol. The number of anilines is 1. The van der Waals surface area contributed by atoms with Gasteiger partial charge in [0.25, 0.3) is 0 Å². The number of likely N-dealkylation sites (tertiary alicyclic amines) is 1. The number of piperidine rings is 1. The molecule has 1 aliphatic carbocycles. The van der Waals surface area contributed by atoms with E-state index in [1.165, 1.54) is 93.9 Å². The summed E-state index contributed by atoms with van der Waals surface area (Å²) >= 11 is 0. The minimum absolute atomic E-state index is 0.597. The highest BCUT2D eigenvalue weighted by atomic mass is 15.2. The van der Waals surface area contributed by atoms with Crippen molar-refractivity contribution >= 4 is 11.9 Å². The van der Waals surface area contributed by atoms with Gasteiger partial charge in [-0.15, -0.1) is 0 Å². The van der Waals surface area contributed by atoms with E-state index in [9.17, 15) is 0 Å². The van der Waals surface area contributed by atoms with Gasteiger partial charge in [0.05, 0.1) is 0 Å². The second-order valence-corrected chi connectivity index (χ2v) is 8.73. The summed E-state index contributed by atoms with van der Waals surface area (Å²) in [6.45, 7) is 9.29. The normalized spacial score (nSPS) is 20.7. The predicted molar refractivity (Wildman–Crippen MR) is 117 cm³/mol. The molecule has 27 heavy (non-hydrogen) atoms. The van der Waals surface area contributed by atoms with Crippen molar-refractivity contribution in [1.82, 2.24) is 4.90 Å². The smallest absolute Gasteiger partial charge is 0.0436 e. The summed E-state index contributed by atoms with van der Waals surface area (Å²) in [5, 5.41) is 11.6. The van der Waals surface area contributed by atoms with E-state index in [0.717, 1.165) is 11.6 Å². The zero-order chi connectivity index (χ0) is 19.2. The summed E-state index contributed by atoms with van der Waals surface area (Å²) in [5.41, 5.74) is 5.02. The van der Waals surface area contributed by atoms with E-state index < -0.39 is 0 Å². The highest BCUT2D eigenvalue weighted by Gasteiger charge is 2.26. The molecule has 150 valence electrons. The Morgan fingerprint density at radius 2 is 1.85 bits per heavy atom. The van der Waals surface area contributed by atoms with E-state index in [4.69, 9.17) is 5.41 Å². The zero-order valence-corrected chi connectivity index (χ0v) is 17.7. The van der Waals surface area contributed by atoms with Crippen molar-refractivity contribution < 1.29 is 0 Å². The van der Waals surface area contributed by atoms with Crippen molar-refractivity contribution in [2.45, 2.75) is 96.6 Å². The van der Waals surface area contributed by atoms with Crippen molar-refractivity contribution in [3.8, 4) is 0 Å². The molecular formula is C24H39N3. The second kappa shape index (κ2) is 9.73.